The number of rotatable bonds is 6. The van der Waals surface area contributed by atoms with E-state index in [0.717, 1.165) is 5.56 Å². The minimum absolute atomic E-state index is 0.151. The molecule has 1 fully saturated rings. The third-order valence-electron chi connectivity index (χ3n) is 5.31. The van der Waals surface area contributed by atoms with Gasteiger partial charge in [-0.1, -0.05) is 50.2 Å². The molecule has 0 radical (unpaired) electrons. The van der Waals surface area contributed by atoms with Gasteiger partial charge in [0.25, 0.3) is 5.91 Å². The van der Waals surface area contributed by atoms with Crippen LogP contribution in [0.4, 0.5) is 0 Å². The molecule has 1 amide bonds. The van der Waals surface area contributed by atoms with Crippen molar-refractivity contribution in [2.45, 2.75) is 24.8 Å². The van der Waals surface area contributed by atoms with Gasteiger partial charge in [0.2, 0.25) is 10.0 Å². The molecule has 1 aliphatic rings. The van der Waals surface area contributed by atoms with Gasteiger partial charge in [-0.15, -0.1) is 0 Å². The summed E-state index contributed by atoms with van der Waals surface area (Å²) in [5, 5.41) is 3.06. The van der Waals surface area contributed by atoms with Gasteiger partial charge in [-0.25, -0.2) is 8.42 Å². The number of amides is 1. The second-order valence-corrected chi connectivity index (χ2v) is 9.78. The summed E-state index contributed by atoms with van der Waals surface area (Å²) in [6, 6.07) is 16.0. The fraction of sp³-hybridized carbons (Fsp3) is 0.409. The van der Waals surface area contributed by atoms with Crippen LogP contribution in [0.15, 0.2) is 59.5 Å². The average Bonchev–Trinajstić information content (AvgIpc) is 2.72. The predicted octanol–water partition coefficient (Wildman–Crippen LogP) is 2.75. The number of likely N-dealkylation sites (N-methyl/N-ethyl adjacent to an activating group) is 1. The number of benzene rings is 2. The molecule has 0 spiro atoms. The van der Waals surface area contributed by atoms with Crippen molar-refractivity contribution < 1.29 is 13.2 Å². The summed E-state index contributed by atoms with van der Waals surface area (Å²) in [6.07, 6.45) is 0. The molecule has 1 saturated heterocycles. The number of nitrogens with zero attached hydrogens (tertiary/aromatic N) is 2. The molecule has 0 bridgehead atoms. The minimum Gasteiger partial charge on any atom is -0.345 e. The van der Waals surface area contributed by atoms with Crippen LogP contribution in [-0.2, 0) is 10.0 Å². The van der Waals surface area contributed by atoms with E-state index in [1.807, 2.05) is 51.2 Å². The molecule has 2 aromatic carbocycles. The maximum atomic E-state index is 13.0. The number of hydrogen-bond acceptors (Lipinski definition) is 4. The number of carbonyl (C=O) groups excluding carboxylic acids is 1. The summed E-state index contributed by atoms with van der Waals surface area (Å²) in [6.45, 7) is 6.41. The zero-order chi connectivity index (χ0) is 21.0. The Bertz CT molecular complexity index is 937. The van der Waals surface area contributed by atoms with Gasteiger partial charge in [-0.2, -0.15) is 4.31 Å². The van der Waals surface area contributed by atoms with Crippen molar-refractivity contribution in [1.82, 2.24) is 14.5 Å². The Balaban J connectivity index is 1.80. The van der Waals surface area contributed by atoms with Crippen molar-refractivity contribution in [2.24, 2.45) is 5.92 Å². The standard InChI is InChI=1S/C22H29N3O3S/c1-17(2)21(18-8-5-4-6-9-18)23-22(26)19-10-7-11-20(16-19)29(27,28)25-14-12-24(3)13-15-25/h4-11,16-17,21H,12-15H2,1-3H3,(H,23,26)/t21-/m0/s1. The van der Waals surface area contributed by atoms with Gasteiger partial charge in [0.15, 0.2) is 0 Å². The summed E-state index contributed by atoms with van der Waals surface area (Å²) < 4.78 is 27.5. The SMILES string of the molecule is CC(C)[C@H](NC(=O)c1cccc(S(=O)(=O)N2CCN(C)CC2)c1)c1ccccc1. The van der Waals surface area contributed by atoms with E-state index < -0.39 is 10.0 Å². The number of nitrogens with one attached hydrogen (secondary N) is 1. The second-order valence-electron chi connectivity index (χ2n) is 7.84. The summed E-state index contributed by atoms with van der Waals surface area (Å²) in [4.78, 5) is 15.2. The number of carbonyl (C=O) groups is 1. The van der Waals surface area contributed by atoms with E-state index in [0.29, 0.717) is 31.7 Å². The van der Waals surface area contributed by atoms with Crippen LogP contribution in [0, 0.1) is 5.92 Å². The number of sulfonamides is 1. The van der Waals surface area contributed by atoms with Crippen LogP contribution in [-0.4, -0.2) is 56.8 Å². The topological polar surface area (TPSA) is 69.7 Å². The van der Waals surface area contributed by atoms with E-state index >= 15 is 0 Å². The Morgan fingerprint density at radius 1 is 0.966 bits per heavy atom. The molecule has 2 aromatic rings. The summed E-state index contributed by atoms with van der Waals surface area (Å²) in [5.74, 6) is -0.0819. The van der Waals surface area contributed by atoms with Crippen LogP contribution in [0.2, 0.25) is 0 Å². The molecule has 3 rings (SSSR count). The highest BCUT2D eigenvalue weighted by Crippen LogP contribution is 2.23. The molecule has 1 atom stereocenters. The average molecular weight is 416 g/mol. The molecule has 0 saturated carbocycles. The second kappa shape index (κ2) is 9.07. The fourth-order valence-electron chi connectivity index (χ4n) is 3.50. The summed E-state index contributed by atoms with van der Waals surface area (Å²) >= 11 is 0. The predicted molar refractivity (Wildman–Crippen MR) is 114 cm³/mol. The van der Waals surface area contributed by atoms with Crippen molar-refractivity contribution >= 4 is 15.9 Å². The molecular formula is C22H29N3O3S. The smallest absolute Gasteiger partial charge is 0.251 e. The van der Waals surface area contributed by atoms with E-state index in [1.165, 1.54) is 10.4 Å². The first kappa shape index (κ1) is 21.5. The quantitative estimate of drug-likeness (QED) is 0.788. The molecule has 1 heterocycles. The van der Waals surface area contributed by atoms with E-state index in [1.54, 1.807) is 18.2 Å². The Morgan fingerprint density at radius 3 is 2.24 bits per heavy atom. The maximum absolute atomic E-state index is 13.0. The highest BCUT2D eigenvalue weighted by molar-refractivity contribution is 7.89. The Hall–Kier alpha value is -2.22. The first-order chi connectivity index (χ1) is 13.8. The Morgan fingerprint density at radius 2 is 1.62 bits per heavy atom. The van der Waals surface area contributed by atoms with Crippen molar-refractivity contribution in [2.75, 3.05) is 33.2 Å². The van der Waals surface area contributed by atoms with E-state index in [2.05, 4.69) is 10.2 Å². The van der Waals surface area contributed by atoms with Crippen molar-refractivity contribution in [1.29, 1.82) is 0 Å². The van der Waals surface area contributed by atoms with Crippen LogP contribution in [0.3, 0.4) is 0 Å². The summed E-state index contributed by atoms with van der Waals surface area (Å²) in [7, 11) is -1.63. The van der Waals surface area contributed by atoms with Crippen molar-refractivity contribution in [3.05, 3.63) is 65.7 Å². The molecule has 7 heteroatoms. The third-order valence-corrected chi connectivity index (χ3v) is 7.20. The molecule has 1 N–H and O–H groups in total. The van der Waals surface area contributed by atoms with Crippen LogP contribution < -0.4 is 5.32 Å². The maximum Gasteiger partial charge on any atom is 0.251 e. The van der Waals surface area contributed by atoms with Gasteiger partial charge in [0.1, 0.15) is 0 Å². The van der Waals surface area contributed by atoms with Crippen LogP contribution >= 0.6 is 0 Å². The molecule has 1 aliphatic heterocycles. The Labute approximate surface area is 173 Å². The Kier molecular flexibility index (Phi) is 6.72. The normalized spacial score (nSPS) is 17.2. The van der Waals surface area contributed by atoms with Gasteiger partial charge in [-0.05, 0) is 36.7 Å². The minimum atomic E-state index is -3.61. The molecule has 156 valence electrons. The van der Waals surface area contributed by atoms with Gasteiger partial charge < -0.3 is 10.2 Å². The zero-order valence-electron chi connectivity index (χ0n) is 17.2. The highest BCUT2D eigenvalue weighted by atomic mass is 32.2. The van der Waals surface area contributed by atoms with Gasteiger partial charge in [-0.3, -0.25) is 4.79 Å². The lowest BCUT2D eigenvalue weighted by atomic mass is 9.95. The fourth-order valence-corrected chi connectivity index (χ4v) is 4.96. The lowest BCUT2D eigenvalue weighted by Crippen LogP contribution is -2.47. The summed E-state index contributed by atoms with van der Waals surface area (Å²) in [5.41, 5.74) is 1.37. The lowest BCUT2D eigenvalue weighted by Gasteiger charge is -2.31. The van der Waals surface area contributed by atoms with E-state index in [4.69, 9.17) is 0 Å². The molecule has 0 unspecified atom stereocenters. The first-order valence-corrected chi connectivity index (χ1v) is 11.4. The van der Waals surface area contributed by atoms with Crippen molar-refractivity contribution in [3.63, 3.8) is 0 Å². The first-order valence-electron chi connectivity index (χ1n) is 9.93. The molecule has 0 aliphatic carbocycles. The molecule has 0 aromatic heterocycles. The van der Waals surface area contributed by atoms with Crippen molar-refractivity contribution in [3.8, 4) is 0 Å². The van der Waals surface area contributed by atoms with E-state index in [9.17, 15) is 13.2 Å². The van der Waals surface area contributed by atoms with Gasteiger partial charge >= 0.3 is 0 Å². The lowest BCUT2D eigenvalue weighted by molar-refractivity contribution is 0.0925. The van der Waals surface area contributed by atoms with Gasteiger partial charge in [0.05, 0.1) is 10.9 Å². The van der Waals surface area contributed by atoms with Crippen LogP contribution in [0.1, 0.15) is 35.8 Å². The van der Waals surface area contributed by atoms with Crippen LogP contribution in [0.5, 0.6) is 0 Å². The van der Waals surface area contributed by atoms with Crippen LogP contribution in [0.25, 0.3) is 0 Å². The van der Waals surface area contributed by atoms with E-state index in [-0.39, 0.29) is 22.8 Å². The molecule has 6 nitrogen and oxygen atoms in total. The number of hydrogen-bond donors (Lipinski definition) is 1. The molecular weight excluding hydrogens is 386 g/mol. The monoisotopic (exact) mass is 415 g/mol. The number of piperazine rings is 1. The molecule has 29 heavy (non-hydrogen) atoms. The largest absolute Gasteiger partial charge is 0.345 e. The zero-order valence-corrected chi connectivity index (χ0v) is 18.0. The highest BCUT2D eigenvalue weighted by Gasteiger charge is 2.28. The third kappa shape index (κ3) is 5.04. The van der Waals surface area contributed by atoms with Gasteiger partial charge in [0, 0.05) is 31.7 Å².